The molecule has 8 heteroatoms. The minimum atomic E-state index is -0.327. The first-order valence-corrected chi connectivity index (χ1v) is 7.72. The third-order valence-electron chi connectivity index (χ3n) is 2.34. The predicted molar refractivity (Wildman–Crippen MR) is 86.1 cm³/mol. The molecule has 2 rings (SSSR count). The van der Waals surface area contributed by atoms with Crippen molar-refractivity contribution in [2.24, 2.45) is 0 Å². The molecule has 2 aromatic rings. The summed E-state index contributed by atoms with van der Waals surface area (Å²) in [4.78, 5) is 20.4. The SMILES string of the molecule is COc1cc(Br)ccc1C(=O)Nc1ncc(Br)nc1Br. The Labute approximate surface area is 140 Å². The second kappa shape index (κ2) is 6.64. The van der Waals surface area contributed by atoms with E-state index in [1.165, 1.54) is 13.3 Å². The van der Waals surface area contributed by atoms with Gasteiger partial charge in [0.25, 0.3) is 5.91 Å². The van der Waals surface area contributed by atoms with Gasteiger partial charge in [-0.2, -0.15) is 0 Å². The standard InChI is InChI=1S/C12H8Br3N3O2/c1-20-8-4-6(13)2-3-7(8)12(19)18-11-10(15)17-9(14)5-16-11/h2-5H,1H3,(H,16,18,19). The van der Waals surface area contributed by atoms with E-state index in [1.54, 1.807) is 18.2 Å². The number of ether oxygens (including phenoxy) is 1. The van der Waals surface area contributed by atoms with E-state index in [-0.39, 0.29) is 5.91 Å². The van der Waals surface area contributed by atoms with Gasteiger partial charge in [0.1, 0.15) is 15.0 Å². The summed E-state index contributed by atoms with van der Waals surface area (Å²) in [6, 6.07) is 5.15. The fourth-order valence-electron chi connectivity index (χ4n) is 1.46. The molecule has 0 saturated carbocycles. The third-order valence-corrected chi connectivity index (χ3v) is 3.77. The van der Waals surface area contributed by atoms with E-state index >= 15 is 0 Å². The van der Waals surface area contributed by atoms with E-state index in [9.17, 15) is 4.79 Å². The summed E-state index contributed by atoms with van der Waals surface area (Å²) >= 11 is 9.76. The lowest BCUT2D eigenvalue weighted by Gasteiger charge is -2.10. The Morgan fingerprint density at radius 1 is 1.30 bits per heavy atom. The fraction of sp³-hybridized carbons (Fsp3) is 0.0833. The highest BCUT2D eigenvalue weighted by molar-refractivity contribution is 9.11. The largest absolute Gasteiger partial charge is 0.496 e. The summed E-state index contributed by atoms with van der Waals surface area (Å²) in [5.74, 6) is 0.480. The van der Waals surface area contributed by atoms with Crippen LogP contribution in [0.5, 0.6) is 5.75 Å². The molecule has 0 aliphatic carbocycles. The Morgan fingerprint density at radius 3 is 2.70 bits per heavy atom. The number of methoxy groups -OCH3 is 1. The number of aromatic nitrogens is 2. The van der Waals surface area contributed by atoms with Gasteiger partial charge in [-0.25, -0.2) is 9.97 Å². The van der Waals surface area contributed by atoms with Gasteiger partial charge in [-0.3, -0.25) is 4.79 Å². The van der Waals surface area contributed by atoms with Crippen molar-refractivity contribution in [3.63, 3.8) is 0 Å². The Hall–Kier alpha value is -0.990. The molecule has 0 spiro atoms. The molecule has 0 unspecified atom stereocenters. The predicted octanol–water partition coefficient (Wildman–Crippen LogP) is 4.03. The average Bonchev–Trinajstić information content (AvgIpc) is 2.41. The third kappa shape index (κ3) is 3.56. The lowest BCUT2D eigenvalue weighted by atomic mass is 10.2. The van der Waals surface area contributed by atoms with Crippen LogP contribution in [0.3, 0.4) is 0 Å². The molecule has 0 fully saturated rings. The van der Waals surface area contributed by atoms with Crippen LogP contribution in [0.25, 0.3) is 0 Å². The van der Waals surface area contributed by atoms with Gasteiger partial charge in [-0.05, 0) is 50.1 Å². The second-order valence-electron chi connectivity index (χ2n) is 3.63. The van der Waals surface area contributed by atoms with E-state index in [2.05, 4.69) is 63.1 Å². The summed E-state index contributed by atoms with van der Waals surface area (Å²) in [6.45, 7) is 0. The first-order valence-electron chi connectivity index (χ1n) is 5.34. The quantitative estimate of drug-likeness (QED) is 0.743. The Balaban J connectivity index is 2.28. The molecule has 0 aliphatic rings. The monoisotopic (exact) mass is 463 g/mol. The average molecular weight is 466 g/mol. The maximum absolute atomic E-state index is 12.2. The maximum Gasteiger partial charge on any atom is 0.260 e. The minimum absolute atomic E-state index is 0.327. The molecule has 0 radical (unpaired) electrons. The van der Waals surface area contributed by atoms with Crippen LogP contribution >= 0.6 is 47.8 Å². The lowest BCUT2D eigenvalue weighted by molar-refractivity contribution is 0.102. The molecule has 0 saturated heterocycles. The van der Waals surface area contributed by atoms with Crippen molar-refractivity contribution in [3.05, 3.63) is 43.6 Å². The van der Waals surface area contributed by atoms with Crippen molar-refractivity contribution < 1.29 is 9.53 Å². The number of hydrogen-bond acceptors (Lipinski definition) is 4. The topological polar surface area (TPSA) is 64.1 Å². The molecular weight excluding hydrogens is 458 g/mol. The van der Waals surface area contributed by atoms with Crippen molar-refractivity contribution in [1.82, 2.24) is 9.97 Å². The molecule has 20 heavy (non-hydrogen) atoms. The van der Waals surface area contributed by atoms with Gasteiger partial charge < -0.3 is 10.1 Å². The first-order chi connectivity index (χ1) is 9.51. The van der Waals surface area contributed by atoms with E-state index in [0.29, 0.717) is 26.3 Å². The molecule has 1 aromatic carbocycles. The van der Waals surface area contributed by atoms with Crippen LogP contribution in [0, 0.1) is 0 Å². The molecule has 0 bridgehead atoms. The van der Waals surface area contributed by atoms with Gasteiger partial charge in [-0.1, -0.05) is 15.9 Å². The van der Waals surface area contributed by atoms with Crippen LogP contribution in [-0.4, -0.2) is 23.0 Å². The van der Waals surface area contributed by atoms with Crippen LogP contribution in [-0.2, 0) is 0 Å². The molecule has 0 atom stereocenters. The number of rotatable bonds is 3. The number of benzene rings is 1. The fourth-order valence-corrected chi connectivity index (χ4v) is 2.71. The first kappa shape index (κ1) is 15.4. The van der Waals surface area contributed by atoms with Crippen molar-refractivity contribution >= 4 is 59.5 Å². The summed E-state index contributed by atoms with van der Waals surface area (Å²) in [5, 5.41) is 2.67. The van der Waals surface area contributed by atoms with Gasteiger partial charge in [-0.15, -0.1) is 0 Å². The van der Waals surface area contributed by atoms with Crippen LogP contribution in [0.15, 0.2) is 38.1 Å². The van der Waals surface area contributed by atoms with Crippen molar-refractivity contribution in [3.8, 4) is 5.75 Å². The summed E-state index contributed by atoms with van der Waals surface area (Å²) in [7, 11) is 1.51. The molecule has 104 valence electrons. The Kier molecular flexibility index (Phi) is 5.11. The highest BCUT2D eigenvalue weighted by Crippen LogP contribution is 2.25. The van der Waals surface area contributed by atoms with Crippen molar-refractivity contribution in [1.29, 1.82) is 0 Å². The maximum atomic E-state index is 12.2. The molecule has 1 N–H and O–H groups in total. The van der Waals surface area contributed by atoms with Gasteiger partial charge in [0.05, 0.1) is 18.9 Å². The molecule has 1 heterocycles. The van der Waals surface area contributed by atoms with E-state index in [0.717, 1.165) is 4.47 Å². The Bertz CT molecular complexity index is 664. The Morgan fingerprint density at radius 2 is 2.05 bits per heavy atom. The van der Waals surface area contributed by atoms with Crippen molar-refractivity contribution in [2.45, 2.75) is 0 Å². The van der Waals surface area contributed by atoms with Crippen LogP contribution in [0.4, 0.5) is 5.82 Å². The van der Waals surface area contributed by atoms with Crippen LogP contribution in [0.2, 0.25) is 0 Å². The smallest absolute Gasteiger partial charge is 0.260 e. The normalized spacial score (nSPS) is 10.2. The minimum Gasteiger partial charge on any atom is -0.496 e. The number of nitrogens with one attached hydrogen (secondary N) is 1. The molecule has 1 amide bonds. The molecule has 1 aromatic heterocycles. The summed E-state index contributed by atoms with van der Waals surface area (Å²) < 4.78 is 7.03. The van der Waals surface area contributed by atoms with Gasteiger partial charge in [0.15, 0.2) is 5.82 Å². The molecular formula is C12H8Br3N3O2. The number of nitrogens with zero attached hydrogens (tertiary/aromatic N) is 2. The van der Waals surface area contributed by atoms with Gasteiger partial charge >= 0.3 is 0 Å². The number of halogens is 3. The second-order valence-corrected chi connectivity index (χ2v) is 6.11. The zero-order chi connectivity index (χ0) is 14.7. The zero-order valence-corrected chi connectivity index (χ0v) is 14.9. The number of amides is 1. The van der Waals surface area contributed by atoms with E-state index in [1.807, 2.05) is 0 Å². The molecule has 0 aliphatic heterocycles. The van der Waals surface area contributed by atoms with E-state index in [4.69, 9.17) is 4.74 Å². The summed E-state index contributed by atoms with van der Waals surface area (Å²) in [6.07, 6.45) is 1.50. The van der Waals surface area contributed by atoms with Crippen LogP contribution < -0.4 is 10.1 Å². The highest BCUT2D eigenvalue weighted by atomic mass is 79.9. The lowest BCUT2D eigenvalue weighted by Crippen LogP contribution is -2.15. The highest BCUT2D eigenvalue weighted by Gasteiger charge is 2.15. The number of anilines is 1. The van der Waals surface area contributed by atoms with Crippen LogP contribution in [0.1, 0.15) is 10.4 Å². The number of carbonyl (C=O) groups is 1. The van der Waals surface area contributed by atoms with Crippen molar-refractivity contribution in [2.75, 3.05) is 12.4 Å². The number of carbonyl (C=O) groups excluding carboxylic acids is 1. The van der Waals surface area contributed by atoms with Gasteiger partial charge in [0.2, 0.25) is 0 Å². The molecule has 5 nitrogen and oxygen atoms in total. The zero-order valence-electron chi connectivity index (χ0n) is 10.2. The van der Waals surface area contributed by atoms with E-state index < -0.39 is 0 Å². The summed E-state index contributed by atoms with van der Waals surface area (Å²) in [5.41, 5.74) is 0.410. The number of hydrogen-bond donors (Lipinski definition) is 1. The van der Waals surface area contributed by atoms with Gasteiger partial charge in [0, 0.05) is 4.47 Å².